The van der Waals surface area contributed by atoms with E-state index >= 15 is 0 Å². The zero-order chi connectivity index (χ0) is 24.1. The predicted octanol–water partition coefficient (Wildman–Crippen LogP) is 3.26. The lowest BCUT2D eigenvalue weighted by Crippen LogP contribution is -2.37. The summed E-state index contributed by atoms with van der Waals surface area (Å²) in [7, 11) is 3.08. The molecule has 9 heteroatoms. The van der Waals surface area contributed by atoms with Crippen LogP contribution >= 0.6 is 0 Å². The molecule has 9 nitrogen and oxygen atoms in total. The van der Waals surface area contributed by atoms with E-state index in [1.165, 1.54) is 11.6 Å². The van der Waals surface area contributed by atoms with E-state index in [1.54, 1.807) is 17.8 Å². The highest BCUT2D eigenvalue weighted by Crippen LogP contribution is 2.17. The fourth-order valence-electron chi connectivity index (χ4n) is 3.62. The van der Waals surface area contributed by atoms with Gasteiger partial charge in [0.15, 0.2) is 11.2 Å². The van der Waals surface area contributed by atoms with E-state index in [9.17, 15) is 9.59 Å². The van der Waals surface area contributed by atoms with Gasteiger partial charge in [-0.3, -0.25) is 13.9 Å². The molecular formula is C25H28N6O3. The Bertz CT molecular complexity index is 1420. The number of rotatable bonds is 9. The Hall–Kier alpha value is -4.14. The Morgan fingerprint density at radius 2 is 1.76 bits per heavy atom. The molecule has 0 radical (unpaired) electrons. The zero-order valence-corrected chi connectivity index (χ0v) is 19.6. The monoisotopic (exact) mass is 460 g/mol. The van der Waals surface area contributed by atoms with Crippen LogP contribution < -0.4 is 21.4 Å². The first-order valence-corrected chi connectivity index (χ1v) is 11.2. The van der Waals surface area contributed by atoms with Gasteiger partial charge in [-0.2, -0.15) is 10.1 Å². The van der Waals surface area contributed by atoms with Gasteiger partial charge in [-0.25, -0.2) is 10.2 Å². The van der Waals surface area contributed by atoms with Gasteiger partial charge in [-0.15, -0.1) is 0 Å². The van der Waals surface area contributed by atoms with Gasteiger partial charge >= 0.3 is 5.69 Å². The van der Waals surface area contributed by atoms with Crippen LogP contribution in [0.5, 0.6) is 5.75 Å². The average Bonchev–Trinajstić information content (AvgIpc) is 3.23. The molecule has 0 bridgehead atoms. The van der Waals surface area contributed by atoms with E-state index < -0.39 is 5.69 Å². The van der Waals surface area contributed by atoms with Crippen molar-refractivity contribution in [2.45, 2.75) is 32.9 Å². The van der Waals surface area contributed by atoms with Gasteiger partial charge < -0.3 is 9.30 Å². The van der Waals surface area contributed by atoms with Crippen molar-refractivity contribution in [3.8, 4) is 5.75 Å². The molecule has 0 saturated heterocycles. The molecule has 0 fully saturated rings. The molecule has 4 rings (SSSR count). The smallest absolute Gasteiger partial charge is 0.332 e. The summed E-state index contributed by atoms with van der Waals surface area (Å²) < 4.78 is 10.1. The fraction of sp³-hybridized carbons (Fsp3) is 0.280. The maximum absolute atomic E-state index is 12.8. The van der Waals surface area contributed by atoms with E-state index in [0.717, 1.165) is 34.3 Å². The van der Waals surface area contributed by atoms with Gasteiger partial charge in [-0.05, 0) is 41.8 Å². The Balaban J connectivity index is 1.52. The third-order valence-corrected chi connectivity index (χ3v) is 5.59. The number of aromatic nitrogens is 4. The molecule has 0 aliphatic heterocycles. The maximum Gasteiger partial charge on any atom is 0.332 e. The van der Waals surface area contributed by atoms with Gasteiger partial charge in [0, 0.05) is 20.6 Å². The lowest BCUT2D eigenvalue weighted by molar-refractivity contribution is 0.306. The van der Waals surface area contributed by atoms with Crippen LogP contribution in [0.2, 0.25) is 0 Å². The summed E-state index contributed by atoms with van der Waals surface area (Å²) in [6, 6.07) is 17.6. The van der Waals surface area contributed by atoms with Crippen molar-refractivity contribution in [1.82, 2.24) is 18.7 Å². The van der Waals surface area contributed by atoms with Crippen molar-refractivity contribution in [3.05, 3.63) is 86.6 Å². The lowest BCUT2D eigenvalue weighted by atomic mass is 10.2. The number of benzene rings is 2. The van der Waals surface area contributed by atoms with E-state index in [-0.39, 0.29) is 5.56 Å². The number of anilines is 1. The molecule has 0 spiro atoms. The van der Waals surface area contributed by atoms with Crippen LogP contribution in [0.15, 0.2) is 69.3 Å². The molecular weight excluding hydrogens is 432 g/mol. The molecule has 4 aromatic rings. The van der Waals surface area contributed by atoms with E-state index in [0.29, 0.717) is 30.3 Å². The summed E-state index contributed by atoms with van der Waals surface area (Å²) in [6.45, 7) is 3.17. The first kappa shape index (κ1) is 23.0. The van der Waals surface area contributed by atoms with Crippen LogP contribution in [0, 0.1) is 0 Å². The summed E-state index contributed by atoms with van der Waals surface area (Å²) in [4.78, 5) is 29.6. The van der Waals surface area contributed by atoms with Crippen molar-refractivity contribution in [1.29, 1.82) is 0 Å². The number of hydrogen-bond acceptors (Lipinski definition) is 6. The molecule has 2 aromatic carbocycles. The van der Waals surface area contributed by atoms with Crippen molar-refractivity contribution < 1.29 is 4.74 Å². The number of hydrogen-bond donors (Lipinski definition) is 1. The van der Waals surface area contributed by atoms with Gasteiger partial charge in [0.1, 0.15) is 12.4 Å². The number of fused-ring (bicyclic) bond motifs is 1. The largest absolute Gasteiger partial charge is 0.489 e. The molecule has 2 heterocycles. The molecule has 176 valence electrons. The maximum atomic E-state index is 12.8. The normalized spacial score (nSPS) is 11.4. The minimum atomic E-state index is -0.415. The summed E-state index contributed by atoms with van der Waals surface area (Å²) in [5, 5.41) is 4.31. The van der Waals surface area contributed by atoms with Gasteiger partial charge in [0.25, 0.3) is 5.56 Å². The Morgan fingerprint density at radius 1 is 1.03 bits per heavy atom. The summed E-state index contributed by atoms with van der Waals surface area (Å²) in [5.74, 6) is 1.19. The molecule has 2 aromatic heterocycles. The first-order chi connectivity index (χ1) is 16.5. The molecule has 0 amide bonds. The van der Waals surface area contributed by atoms with E-state index in [1.807, 2.05) is 54.6 Å². The minimum Gasteiger partial charge on any atom is -0.489 e. The number of imidazole rings is 1. The zero-order valence-electron chi connectivity index (χ0n) is 19.6. The topological polar surface area (TPSA) is 95.4 Å². The fourth-order valence-corrected chi connectivity index (χ4v) is 3.62. The predicted molar refractivity (Wildman–Crippen MR) is 134 cm³/mol. The van der Waals surface area contributed by atoms with Gasteiger partial charge in [0.05, 0.1) is 6.21 Å². The second kappa shape index (κ2) is 10.2. The summed E-state index contributed by atoms with van der Waals surface area (Å²) in [6.07, 6.45) is 3.48. The molecule has 0 saturated carbocycles. The minimum absolute atomic E-state index is 0.335. The third kappa shape index (κ3) is 4.78. The van der Waals surface area contributed by atoms with E-state index in [2.05, 4.69) is 22.4 Å². The van der Waals surface area contributed by atoms with Gasteiger partial charge in [0.2, 0.25) is 5.95 Å². The highest BCUT2D eigenvalue weighted by molar-refractivity contribution is 5.80. The van der Waals surface area contributed by atoms with E-state index in [4.69, 9.17) is 4.74 Å². The summed E-state index contributed by atoms with van der Waals surface area (Å²) >= 11 is 0. The van der Waals surface area contributed by atoms with Crippen LogP contribution in [-0.4, -0.2) is 24.9 Å². The molecule has 0 unspecified atom stereocenters. The van der Waals surface area contributed by atoms with Crippen LogP contribution in [0.3, 0.4) is 0 Å². The number of unbranched alkanes of at least 4 members (excludes halogenated alkanes) is 1. The summed E-state index contributed by atoms with van der Waals surface area (Å²) in [5.41, 5.74) is 4.86. The average molecular weight is 461 g/mol. The molecule has 1 N–H and O–H groups in total. The highest BCUT2D eigenvalue weighted by atomic mass is 16.5. The number of nitrogens with zero attached hydrogens (tertiary/aromatic N) is 5. The highest BCUT2D eigenvalue weighted by Gasteiger charge is 2.18. The molecule has 0 aliphatic carbocycles. The van der Waals surface area contributed by atoms with Crippen LogP contribution in [0.1, 0.15) is 30.9 Å². The van der Waals surface area contributed by atoms with Crippen molar-refractivity contribution in [3.63, 3.8) is 0 Å². The van der Waals surface area contributed by atoms with Crippen molar-refractivity contribution >= 4 is 23.3 Å². The molecule has 0 atom stereocenters. The van der Waals surface area contributed by atoms with Crippen LogP contribution in [-0.2, 0) is 27.2 Å². The Kier molecular flexibility index (Phi) is 6.91. The SMILES string of the molecule is CCCCn1c(N/N=C/c2ccc(OCc3ccccc3)cc2)nc2c1c(=O)n(C)c(=O)n2C. The van der Waals surface area contributed by atoms with Crippen molar-refractivity contribution in [2.24, 2.45) is 19.2 Å². The second-order valence-electron chi connectivity index (χ2n) is 8.03. The molecule has 0 aliphatic rings. The standard InChI is InChI=1S/C25H28N6O3/c1-4-5-15-31-21-22(29(2)25(33)30(3)23(21)32)27-24(31)28-26-16-18-11-13-20(14-12-18)34-17-19-9-7-6-8-10-19/h6-14,16H,4-5,15,17H2,1-3H3,(H,27,28)/b26-16+. The first-order valence-electron chi connectivity index (χ1n) is 11.2. The van der Waals surface area contributed by atoms with Crippen LogP contribution in [0.25, 0.3) is 11.2 Å². The number of hydrazone groups is 1. The molecule has 34 heavy (non-hydrogen) atoms. The van der Waals surface area contributed by atoms with Crippen molar-refractivity contribution in [2.75, 3.05) is 5.43 Å². The Morgan fingerprint density at radius 3 is 2.47 bits per heavy atom. The quantitative estimate of drug-likeness (QED) is 0.306. The number of aryl methyl sites for hydroxylation is 2. The third-order valence-electron chi connectivity index (χ3n) is 5.59. The lowest BCUT2D eigenvalue weighted by Gasteiger charge is -2.08. The van der Waals surface area contributed by atoms with Gasteiger partial charge in [-0.1, -0.05) is 43.7 Å². The Labute approximate surface area is 196 Å². The number of nitrogens with one attached hydrogen (secondary N) is 1. The van der Waals surface area contributed by atoms with Crippen LogP contribution in [0.4, 0.5) is 5.95 Å². The number of ether oxygens (including phenoxy) is 1. The second-order valence-corrected chi connectivity index (χ2v) is 8.03.